The van der Waals surface area contributed by atoms with E-state index in [1.165, 1.54) is 0 Å². The molecule has 2 aromatic heterocycles. The van der Waals surface area contributed by atoms with Crippen LogP contribution < -0.4 is 11.1 Å². The van der Waals surface area contributed by atoms with Gasteiger partial charge in [0.15, 0.2) is 5.82 Å². The highest BCUT2D eigenvalue weighted by Crippen LogP contribution is 2.32. The predicted octanol–water partition coefficient (Wildman–Crippen LogP) is 1.85. The largest absolute Gasteiger partial charge is 0.421 e. The topological polar surface area (TPSA) is 92.5 Å². The summed E-state index contributed by atoms with van der Waals surface area (Å²) in [6, 6.07) is 1.65. The van der Waals surface area contributed by atoms with Crippen LogP contribution >= 0.6 is 0 Å². The Labute approximate surface area is 99.4 Å². The maximum absolute atomic E-state index is 12.4. The standard InChI is InChI=1S/C9H9F3N6/c1-4-2-6(18-17-4)15-8-14-3-5(7(13)16-8)9(10,11)12/h2-3H,1H3,(H4,13,14,15,16,17,18). The number of halogens is 3. The van der Waals surface area contributed by atoms with Crippen molar-refractivity contribution in [2.45, 2.75) is 13.1 Å². The van der Waals surface area contributed by atoms with Crippen molar-refractivity contribution >= 4 is 17.6 Å². The van der Waals surface area contributed by atoms with E-state index in [1.54, 1.807) is 13.0 Å². The zero-order chi connectivity index (χ0) is 13.3. The van der Waals surface area contributed by atoms with E-state index in [0.717, 1.165) is 5.69 Å². The molecule has 96 valence electrons. The molecule has 0 saturated heterocycles. The van der Waals surface area contributed by atoms with E-state index in [2.05, 4.69) is 25.5 Å². The quantitative estimate of drug-likeness (QED) is 0.764. The average Bonchev–Trinajstić information content (AvgIpc) is 2.62. The third-order valence-electron chi connectivity index (χ3n) is 2.07. The molecule has 18 heavy (non-hydrogen) atoms. The minimum atomic E-state index is -4.56. The second-order valence-corrected chi connectivity index (χ2v) is 3.55. The SMILES string of the molecule is Cc1cc(Nc2ncc(C(F)(F)F)c(N)n2)n[nH]1. The maximum atomic E-state index is 12.4. The summed E-state index contributed by atoms with van der Waals surface area (Å²) in [5.41, 5.74) is 4.95. The van der Waals surface area contributed by atoms with Crippen molar-refractivity contribution in [2.24, 2.45) is 0 Å². The number of hydrogen-bond acceptors (Lipinski definition) is 5. The lowest BCUT2D eigenvalue weighted by Crippen LogP contribution is -2.12. The Balaban J connectivity index is 2.24. The lowest BCUT2D eigenvalue weighted by atomic mass is 10.3. The van der Waals surface area contributed by atoms with E-state index in [9.17, 15) is 13.2 Å². The molecule has 0 spiro atoms. The van der Waals surface area contributed by atoms with Gasteiger partial charge in [0.1, 0.15) is 11.4 Å². The summed E-state index contributed by atoms with van der Waals surface area (Å²) in [5, 5.41) is 9.12. The number of rotatable bonds is 2. The molecular weight excluding hydrogens is 249 g/mol. The normalized spacial score (nSPS) is 11.6. The first kappa shape index (κ1) is 12.1. The van der Waals surface area contributed by atoms with Crippen molar-refractivity contribution in [1.29, 1.82) is 0 Å². The van der Waals surface area contributed by atoms with Gasteiger partial charge in [0.05, 0.1) is 0 Å². The van der Waals surface area contributed by atoms with Crippen molar-refractivity contribution in [2.75, 3.05) is 11.1 Å². The van der Waals surface area contributed by atoms with Gasteiger partial charge in [-0.2, -0.15) is 23.3 Å². The fourth-order valence-electron chi connectivity index (χ4n) is 1.27. The van der Waals surface area contributed by atoms with Crippen LogP contribution in [0.25, 0.3) is 0 Å². The molecule has 2 rings (SSSR count). The number of nitrogen functional groups attached to an aromatic ring is 1. The molecule has 4 N–H and O–H groups in total. The number of aromatic nitrogens is 4. The second kappa shape index (κ2) is 4.17. The van der Waals surface area contributed by atoms with Crippen molar-refractivity contribution < 1.29 is 13.2 Å². The third-order valence-corrected chi connectivity index (χ3v) is 2.07. The smallest absolute Gasteiger partial charge is 0.383 e. The Morgan fingerprint density at radius 2 is 2.11 bits per heavy atom. The van der Waals surface area contributed by atoms with Gasteiger partial charge in [0.2, 0.25) is 5.95 Å². The van der Waals surface area contributed by atoms with Gasteiger partial charge in [0, 0.05) is 18.0 Å². The molecule has 0 unspecified atom stereocenters. The van der Waals surface area contributed by atoms with Crippen LogP contribution in [-0.2, 0) is 6.18 Å². The number of nitrogens with two attached hydrogens (primary N) is 1. The zero-order valence-electron chi connectivity index (χ0n) is 9.21. The fourth-order valence-corrected chi connectivity index (χ4v) is 1.27. The number of hydrogen-bond donors (Lipinski definition) is 3. The maximum Gasteiger partial charge on any atom is 0.421 e. The molecule has 2 heterocycles. The molecule has 0 aliphatic heterocycles. The van der Waals surface area contributed by atoms with E-state index >= 15 is 0 Å². The van der Waals surface area contributed by atoms with Gasteiger partial charge in [0.25, 0.3) is 0 Å². The Bertz CT molecular complexity index is 562. The molecule has 0 atom stereocenters. The van der Waals surface area contributed by atoms with Gasteiger partial charge in [-0.25, -0.2) is 4.98 Å². The summed E-state index contributed by atoms with van der Waals surface area (Å²) in [4.78, 5) is 7.06. The summed E-state index contributed by atoms with van der Waals surface area (Å²) in [5.74, 6) is -0.286. The number of H-pyrrole nitrogens is 1. The Hall–Kier alpha value is -2.32. The van der Waals surface area contributed by atoms with Gasteiger partial charge in [-0.3, -0.25) is 5.10 Å². The minimum absolute atomic E-state index is 0.0491. The Morgan fingerprint density at radius 3 is 2.61 bits per heavy atom. The molecule has 9 heteroatoms. The number of aromatic amines is 1. The molecule has 0 aliphatic carbocycles. The molecule has 0 bridgehead atoms. The van der Waals surface area contributed by atoms with Crippen LogP contribution in [0.1, 0.15) is 11.3 Å². The monoisotopic (exact) mass is 258 g/mol. The highest BCUT2D eigenvalue weighted by Gasteiger charge is 2.34. The van der Waals surface area contributed by atoms with Crippen LogP contribution in [0.5, 0.6) is 0 Å². The van der Waals surface area contributed by atoms with Crippen molar-refractivity contribution in [3.8, 4) is 0 Å². The molecule has 0 aromatic carbocycles. The summed E-state index contributed by atoms with van der Waals surface area (Å²) < 4.78 is 37.2. The van der Waals surface area contributed by atoms with Crippen molar-refractivity contribution in [1.82, 2.24) is 20.2 Å². The predicted molar refractivity (Wildman–Crippen MR) is 58.1 cm³/mol. The average molecular weight is 258 g/mol. The second-order valence-electron chi connectivity index (χ2n) is 3.55. The van der Waals surface area contributed by atoms with Crippen LogP contribution in [0.15, 0.2) is 12.3 Å². The summed E-state index contributed by atoms with van der Waals surface area (Å²) in [6.45, 7) is 1.78. The van der Waals surface area contributed by atoms with Crippen LogP contribution in [0, 0.1) is 6.92 Å². The molecule has 0 radical (unpaired) electrons. The van der Waals surface area contributed by atoms with Gasteiger partial charge in [-0.1, -0.05) is 0 Å². The molecule has 0 fully saturated rings. The number of alkyl halides is 3. The van der Waals surface area contributed by atoms with E-state index < -0.39 is 17.6 Å². The van der Waals surface area contributed by atoms with E-state index in [1.807, 2.05) is 0 Å². The number of nitrogens with one attached hydrogen (secondary N) is 2. The van der Waals surface area contributed by atoms with E-state index in [4.69, 9.17) is 5.73 Å². The van der Waals surface area contributed by atoms with E-state index in [-0.39, 0.29) is 5.95 Å². The summed E-state index contributed by atoms with van der Waals surface area (Å²) in [7, 11) is 0. The molecule has 2 aromatic rings. The van der Waals surface area contributed by atoms with Crippen LogP contribution in [-0.4, -0.2) is 20.2 Å². The van der Waals surface area contributed by atoms with Crippen LogP contribution in [0.2, 0.25) is 0 Å². The van der Waals surface area contributed by atoms with Crippen LogP contribution in [0.4, 0.5) is 30.8 Å². The summed E-state index contributed by atoms with van der Waals surface area (Å²) in [6.07, 6.45) is -3.93. The Morgan fingerprint density at radius 1 is 1.39 bits per heavy atom. The Kier molecular flexibility index (Phi) is 2.81. The minimum Gasteiger partial charge on any atom is -0.383 e. The first-order chi connectivity index (χ1) is 8.36. The van der Waals surface area contributed by atoms with Gasteiger partial charge in [-0.05, 0) is 6.92 Å². The van der Waals surface area contributed by atoms with Gasteiger partial charge >= 0.3 is 6.18 Å². The molecule has 0 amide bonds. The first-order valence-corrected chi connectivity index (χ1v) is 4.85. The molecular formula is C9H9F3N6. The van der Waals surface area contributed by atoms with Gasteiger partial charge in [-0.15, -0.1) is 0 Å². The molecule has 6 nitrogen and oxygen atoms in total. The number of aryl methyl sites for hydroxylation is 1. The number of anilines is 3. The lowest BCUT2D eigenvalue weighted by Gasteiger charge is -2.09. The van der Waals surface area contributed by atoms with Gasteiger partial charge < -0.3 is 11.1 Å². The highest BCUT2D eigenvalue weighted by atomic mass is 19.4. The lowest BCUT2D eigenvalue weighted by molar-refractivity contribution is -0.137. The summed E-state index contributed by atoms with van der Waals surface area (Å²) >= 11 is 0. The zero-order valence-corrected chi connectivity index (χ0v) is 9.21. The highest BCUT2D eigenvalue weighted by molar-refractivity contribution is 5.51. The third kappa shape index (κ3) is 2.50. The first-order valence-electron chi connectivity index (χ1n) is 4.85. The van der Waals surface area contributed by atoms with Crippen molar-refractivity contribution in [3.63, 3.8) is 0 Å². The molecule has 0 saturated carbocycles. The fraction of sp³-hybridized carbons (Fsp3) is 0.222. The van der Waals surface area contributed by atoms with E-state index in [0.29, 0.717) is 12.0 Å². The van der Waals surface area contributed by atoms with Crippen LogP contribution in [0.3, 0.4) is 0 Å². The van der Waals surface area contributed by atoms with Crippen molar-refractivity contribution in [3.05, 3.63) is 23.5 Å². The molecule has 0 aliphatic rings. The number of nitrogens with zero attached hydrogens (tertiary/aromatic N) is 3.